The van der Waals surface area contributed by atoms with Gasteiger partial charge in [0.2, 0.25) is 0 Å². The van der Waals surface area contributed by atoms with Crippen molar-refractivity contribution in [3.63, 3.8) is 0 Å². The lowest BCUT2D eigenvalue weighted by atomic mass is 10.0. The van der Waals surface area contributed by atoms with Crippen LogP contribution in [0.2, 0.25) is 0 Å². The standard InChI is InChI=1S/C25H23F3N2O4S/c1-32-21-10-7-17(12-22(21)33-2)20-13-19(34-29-20)15-30(24(31)23-4-3-11-35-23)14-16-5-8-18(9-6-16)25(26,27)28/h3-12,19H,13-15H2,1-2H3. The van der Waals surface area contributed by atoms with Crippen LogP contribution in [0.4, 0.5) is 13.2 Å². The van der Waals surface area contributed by atoms with E-state index in [0.717, 1.165) is 17.7 Å². The fraction of sp³-hybridized carbons (Fsp3) is 0.280. The van der Waals surface area contributed by atoms with Crippen molar-refractivity contribution in [3.8, 4) is 11.5 Å². The van der Waals surface area contributed by atoms with E-state index in [4.69, 9.17) is 14.3 Å². The number of carbonyl (C=O) groups is 1. The third kappa shape index (κ3) is 5.76. The maximum Gasteiger partial charge on any atom is 0.416 e. The Morgan fingerprint density at radius 3 is 2.49 bits per heavy atom. The average Bonchev–Trinajstić information content (AvgIpc) is 3.55. The van der Waals surface area contributed by atoms with Crippen LogP contribution in [0.25, 0.3) is 0 Å². The molecular formula is C25H23F3N2O4S. The summed E-state index contributed by atoms with van der Waals surface area (Å²) in [6.45, 7) is 0.360. The van der Waals surface area contributed by atoms with Crippen LogP contribution in [0.1, 0.15) is 32.8 Å². The second-order valence-corrected chi connectivity index (χ2v) is 8.84. The van der Waals surface area contributed by atoms with E-state index in [2.05, 4.69) is 5.16 Å². The van der Waals surface area contributed by atoms with Crippen LogP contribution >= 0.6 is 11.3 Å². The monoisotopic (exact) mass is 504 g/mol. The Balaban J connectivity index is 1.49. The van der Waals surface area contributed by atoms with E-state index < -0.39 is 17.8 Å². The Morgan fingerprint density at radius 1 is 1.11 bits per heavy atom. The number of benzene rings is 2. The number of ether oxygens (including phenoxy) is 2. The fourth-order valence-electron chi connectivity index (χ4n) is 3.75. The van der Waals surface area contributed by atoms with E-state index in [1.165, 1.54) is 23.5 Å². The molecule has 0 spiro atoms. The van der Waals surface area contributed by atoms with Crippen molar-refractivity contribution in [1.29, 1.82) is 0 Å². The molecule has 184 valence electrons. The highest BCUT2D eigenvalue weighted by atomic mass is 32.1. The summed E-state index contributed by atoms with van der Waals surface area (Å²) in [6, 6.07) is 13.7. The molecule has 0 saturated carbocycles. The first-order valence-corrected chi connectivity index (χ1v) is 11.6. The Kier molecular flexibility index (Phi) is 7.30. The normalized spacial score (nSPS) is 15.3. The maximum atomic E-state index is 13.2. The number of halogens is 3. The Morgan fingerprint density at radius 2 is 1.86 bits per heavy atom. The van der Waals surface area contributed by atoms with Crippen LogP contribution in [0.3, 0.4) is 0 Å². The molecule has 1 unspecified atom stereocenters. The molecule has 3 aromatic rings. The van der Waals surface area contributed by atoms with Crippen LogP contribution < -0.4 is 9.47 Å². The minimum absolute atomic E-state index is 0.139. The van der Waals surface area contributed by atoms with Crippen LogP contribution in [0.5, 0.6) is 11.5 Å². The molecule has 1 amide bonds. The lowest BCUT2D eigenvalue weighted by Gasteiger charge is -2.24. The molecule has 0 aliphatic carbocycles. The summed E-state index contributed by atoms with van der Waals surface area (Å²) < 4.78 is 49.4. The fourth-order valence-corrected chi connectivity index (χ4v) is 4.44. The van der Waals surface area contributed by atoms with Gasteiger partial charge in [-0.2, -0.15) is 13.2 Å². The Hall–Kier alpha value is -3.53. The smallest absolute Gasteiger partial charge is 0.416 e. The van der Waals surface area contributed by atoms with Crippen LogP contribution in [-0.2, 0) is 17.6 Å². The Labute approximate surface area is 204 Å². The van der Waals surface area contributed by atoms with Gasteiger partial charge in [-0.25, -0.2) is 0 Å². The number of carbonyl (C=O) groups excluding carboxylic acids is 1. The number of alkyl halides is 3. The van der Waals surface area contributed by atoms with Gasteiger partial charge in [0.1, 0.15) is 0 Å². The molecule has 0 bridgehead atoms. The second kappa shape index (κ2) is 10.4. The molecular weight excluding hydrogens is 481 g/mol. The van der Waals surface area contributed by atoms with E-state index in [0.29, 0.717) is 34.1 Å². The number of amides is 1. The van der Waals surface area contributed by atoms with E-state index in [1.54, 1.807) is 48.8 Å². The molecule has 1 aliphatic heterocycles. The van der Waals surface area contributed by atoms with Crippen LogP contribution in [0, 0.1) is 0 Å². The van der Waals surface area contributed by atoms with Crippen molar-refractivity contribution >= 4 is 23.0 Å². The van der Waals surface area contributed by atoms with Gasteiger partial charge in [-0.3, -0.25) is 4.79 Å². The molecule has 0 fully saturated rings. The van der Waals surface area contributed by atoms with Crippen molar-refractivity contribution in [2.75, 3.05) is 20.8 Å². The molecule has 1 atom stereocenters. The summed E-state index contributed by atoms with van der Waals surface area (Å²) >= 11 is 1.30. The first kappa shape index (κ1) is 24.6. The third-order valence-corrected chi connectivity index (χ3v) is 6.41. The minimum Gasteiger partial charge on any atom is -0.493 e. The highest BCUT2D eigenvalue weighted by molar-refractivity contribution is 7.12. The molecule has 0 radical (unpaired) electrons. The van der Waals surface area contributed by atoms with E-state index in [-0.39, 0.29) is 19.0 Å². The first-order chi connectivity index (χ1) is 16.8. The molecule has 10 heteroatoms. The summed E-state index contributed by atoms with van der Waals surface area (Å²) in [4.78, 5) is 20.9. The zero-order chi connectivity index (χ0) is 25.0. The van der Waals surface area contributed by atoms with Gasteiger partial charge < -0.3 is 19.2 Å². The number of thiophene rings is 1. The SMILES string of the molecule is COc1ccc(C2=NOC(CN(Cc3ccc(C(F)(F)F)cc3)C(=O)c3cccs3)C2)cc1OC. The number of hydrogen-bond acceptors (Lipinski definition) is 6. The summed E-state index contributed by atoms with van der Waals surface area (Å²) in [7, 11) is 3.10. The largest absolute Gasteiger partial charge is 0.493 e. The quantitative estimate of drug-likeness (QED) is 0.400. The summed E-state index contributed by atoms with van der Waals surface area (Å²) in [5.41, 5.74) is 1.37. The van der Waals surface area contributed by atoms with Crippen molar-refractivity contribution in [1.82, 2.24) is 4.90 Å². The van der Waals surface area contributed by atoms with Gasteiger partial charge in [-0.15, -0.1) is 11.3 Å². The van der Waals surface area contributed by atoms with Crippen molar-refractivity contribution < 1.29 is 32.3 Å². The minimum atomic E-state index is -4.42. The van der Waals surface area contributed by atoms with Crippen molar-refractivity contribution in [3.05, 3.63) is 81.5 Å². The molecule has 6 nitrogen and oxygen atoms in total. The predicted molar refractivity (Wildman–Crippen MR) is 126 cm³/mol. The molecule has 4 rings (SSSR count). The van der Waals surface area contributed by atoms with E-state index >= 15 is 0 Å². The molecule has 1 aliphatic rings. The molecule has 2 aromatic carbocycles. The lowest BCUT2D eigenvalue weighted by molar-refractivity contribution is -0.137. The Bertz CT molecular complexity index is 1190. The van der Waals surface area contributed by atoms with Crippen molar-refractivity contribution in [2.45, 2.75) is 25.2 Å². The van der Waals surface area contributed by atoms with E-state index in [1.807, 2.05) is 6.07 Å². The van der Waals surface area contributed by atoms with Gasteiger partial charge in [0.25, 0.3) is 5.91 Å². The number of hydrogen-bond donors (Lipinski definition) is 0. The zero-order valence-electron chi connectivity index (χ0n) is 19.0. The van der Waals surface area contributed by atoms with Gasteiger partial charge >= 0.3 is 6.18 Å². The van der Waals surface area contributed by atoms with E-state index in [9.17, 15) is 18.0 Å². The van der Waals surface area contributed by atoms with Gasteiger partial charge in [0.05, 0.1) is 36.9 Å². The lowest BCUT2D eigenvalue weighted by Crippen LogP contribution is -2.37. The third-order valence-electron chi connectivity index (χ3n) is 5.55. The number of nitrogens with zero attached hydrogens (tertiary/aromatic N) is 2. The van der Waals surface area contributed by atoms with Crippen LogP contribution in [-0.4, -0.2) is 43.4 Å². The summed E-state index contributed by atoms with van der Waals surface area (Å²) in [5, 5.41) is 6.00. The van der Waals surface area contributed by atoms with Gasteiger partial charge in [-0.1, -0.05) is 23.4 Å². The highest BCUT2D eigenvalue weighted by Gasteiger charge is 2.31. The zero-order valence-corrected chi connectivity index (χ0v) is 19.9. The predicted octanol–water partition coefficient (Wildman–Crippen LogP) is 5.62. The molecule has 2 heterocycles. The highest BCUT2D eigenvalue weighted by Crippen LogP contribution is 2.31. The maximum absolute atomic E-state index is 13.2. The average molecular weight is 505 g/mol. The number of rotatable bonds is 8. The van der Waals surface area contributed by atoms with Gasteiger partial charge in [0.15, 0.2) is 17.6 Å². The first-order valence-electron chi connectivity index (χ1n) is 10.7. The summed E-state index contributed by atoms with van der Waals surface area (Å²) in [5.74, 6) is 0.938. The summed E-state index contributed by atoms with van der Waals surface area (Å²) in [6.07, 6.45) is -4.37. The van der Waals surface area contributed by atoms with Crippen molar-refractivity contribution in [2.24, 2.45) is 5.16 Å². The molecule has 35 heavy (non-hydrogen) atoms. The second-order valence-electron chi connectivity index (χ2n) is 7.90. The van der Waals surface area contributed by atoms with Crippen LogP contribution in [0.15, 0.2) is 65.1 Å². The number of methoxy groups -OCH3 is 2. The molecule has 0 saturated heterocycles. The van der Waals surface area contributed by atoms with Gasteiger partial charge in [0, 0.05) is 18.5 Å². The molecule has 1 aromatic heterocycles. The topological polar surface area (TPSA) is 60.4 Å². The van der Waals surface area contributed by atoms with Gasteiger partial charge in [-0.05, 0) is 47.3 Å². The molecule has 0 N–H and O–H groups in total. The number of oxime groups is 1.